The molecule has 3 aromatic rings. The monoisotopic (exact) mass is 360 g/mol. The Balaban J connectivity index is 1.49. The number of benzene rings is 1. The van der Waals surface area contributed by atoms with E-state index in [4.69, 9.17) is 9.26 Å². The molecule has 4 rings (SSSR count). The minimum atomic E-state index is -3.36. The normalized spacial score (nSPS) is 15.3. The molecule has 0 spiro atoms. The fourth-order valence-electron chi connectivity index (χ4n) is 2.71. The third kappa shape index (κ3) is 2.81. The van der Waals surface area contributed by atoms with Crippen LogP contribution in [0, 0.1) is 6.92 Å². The van der Waals surface area contributed by atoms with Gasteiger partial charge in [0.05, 0.1) is 11.1 Å². The largest absolute Gasteiger partial charge is 0.486 e. The molecule has 2 aromatic heterocycles. The first kappa shape index (κ1) is 15.9. The fraction of sp³-hybridized carbons (Fsp3) is 0.250. The van der Waals surface area contributed by atoms with Gasteiger partial charge in [0.2, 0.25) is 10.0 Å². The molecule has 1 aliphatic rings. The molecule has 8 nitrogen and oxygen atoms in total. The highest BCUT2D eigenvalue weighted by atomic mass is 32.2. The standard InChI is InChI=1S/C16H16N4O4S/c1-10-14(8-17-20(10)2)15-6-13(24-19-15)9-23-12-3-4-16-11(5-12)7-18-25(16,21)22/h3-6,8,18H,7,9H2,1-2H3. The molecule has 25 heavy (non-hydrogen) atoms. The van der Waals surface area contributed by atoms with Crippen molar-refractivity contribution < 1.29 is 17.7 Å². The van der Waals surface area contributed by atoms with Gasteiger partial charge in [-0.05, 0) is 30.7 Å². The highest BCUT2D eigenvalue weighted by Crippen LogP contribution is 2.27. The molecule has 1 N–H and O–H groups in total. The van der Waals surface area contributed by atoms with Crippen molar-refractivity contribution in [1.82, 2.24) is 19.7 Å². The quantitative estimate of drug-likeness (QED) is 0.761. The van der Waals surface area contributed by atoms with E-state index < -0.39 is 10.0 Å². The van der Waals surface area contributed by atoms with E-state index in [1.807, 2.05) is 20.0 Å². The van der Waals surface area contributed by atoms with E-state index in [1.54, 1.807) is 29.1 Å². The van der Waals surface area contributed by atoms with Gasteiger partial charge >= 0.3 is 0 Å². The predicted octanol–water partition coefficient (Wildman–Crippen LogP) is 1.75. The molecule has 0 saturated heterocycles. The second-order valence-corrected chi connectivity index (χ2v) is 7.56. The molecule has 0 fully saturated rings. The van der Waals surface area contributed by atoms with Crippen LogP contribution >= 0.6 is 0 Å². The van der Waals surface area contributed by atoms with Crippen LogP contribution in [-0.2, 0) is 30.2 Å². The van der Waals surface area contributed by atoms with Crippen molar-refractivity contribution in [3.8, 4) is 17.0 Å². The highest BCUT2D eigenvalue weighted by molar-refractivity contribution is 7.89. The number of fused-ring (bicyclic) bond motifs is 1. The number of nitrogens with zero attached hydrogens (tertiary/aromatic N) is 3. The lowest BCUT2D eigenvalue weighted by Gasteiger charge is -2.05. The van der Waals surface area contributed by atoms with Crippen LogP contribution in [0.2, 0.25) is 0 Å². The summed E-state index contributed by atoms with van der Waals surface area (Å²) in [6.07, 6.45) is 1.74. The van der Waals surface area contributed by atoms with Gasteiger partial charge in [0, 0.05) is 30.9 Å². The van der Waals surface area contributed by atoms with Crippen LogP contribution in [0.5, 0.6) is 5.75 Å². The molecule has 0 atom stereocenters. The van der Waals surface area contributed by atoms with Gasteiger partial charge in [-0.1, -0.05) is 5.16 Å². The molecule has 0 saturated carbocycles. The van der Waals surface area contributed by atoms with Crippen molar-refractivity contribution in [2.24, 2.45) is 7.05 Å². The number of hydrogen-bond donors (Lipinski definition) is 1. The Morgan fingerprint density at radius 3 is 2.96 bits per heavy atom. The van der Waals surface area contributed by atoms with Crippen LogP contribution in [0.3, 0.4) is 0 Å². The summed E-state index contributed by atoms with van der Waals surface area (Å²) < 4.78 is 38.7. The van der Waals surface area contributed by atoms with Crippen LogP contribution in [0.4, 0.5) is 0 Å². The Kier molecular flexibility index (Phi) is 3.62. The molecule has 1 aromatic carbocycles. The van der Waals surface area contributed by atoms with Gasteiger partial charge in [-0.15, -0.1) is 0 Å². The average Bonchev–Trinajstić information content (AvgIpc) is 3.26. The van der Waals surface area contributed by atoms with Gasteiger partial charge in [0.1, 0.15) is 18.1 Å². The second kappa shape index (κ2) is 5.71. The van der Waals surface area contributed by atoms with Gasteiger partial charge in [0.15, 0.2) is 5.76 Å². The third-order valence-corrected chi connectivity index (χ3v) is 5.73. The van der Waals surface area contributed by atoms with E-state index in [9.17, 15) is 8.42 Å². The first-order valence-corrected chi connectivity index (χ1v) is 9.12. The minimum Gasteiger partial charge on any atom is -0.486 e. The van der Waals surface area contributed by atoms with E-state index in [0.717, 1.165) is 11.3 Å². The Morgan fingerprint density at radius 1 is 1.36 bits per heavy atom. The molecular weight excluding hydrogens is 344 g/mol. The van der Waals surface area contributed by atoms with Crippen molar-refractivity contribution in [2.45, 2.75) is 25.0 Å². The maximum absolute atomic E-state index is 11.7. The highest BCUT2D eigenvalue weighted by Gasteiger charge is 2.25. The Labute approximate surface area is 144 Å². The number of ether oxygens (including phenoxy) is 1. The lowest BCUT2D eigenvalue weighted by molar-refractivity contribution is 0.249. The van der Waals surface area contributed by atoms with E-state index in [0.29, 0.717) is 27.7 Å². The maximum Gasteiger partial charge on any atom is 0.241 e. The van der Waals surface area contributed by atoms with Gasteiger partial charge in [0.25, 0.3) is 0 Å². The summed E-state index contributed by atoms with van der Waals surface area (Å²) in [6, 6.07) is 6.70. The number of sulfonamides is 1. The molecule has 0 unspecified atom stereocenters. The van der Waals surface area contributed by atoms with E-state index >= 15 is 0 Å². The first-order chi connectivity index (χ1) is 11.9. The maximum atomic E-state index is 11.7. The summed E-state index contributed by atoms with van der Waals surface area (Å²) in [7, 11) is -1.49. The average molecular weight is 360 g/mol. The van der Waals surface area contributed by atoms with Crippen molar-refractivity contribution in [3.63, 3.8) is 0 Å². The predicted molar refractivity (Wildman–Crippen MR) is 88.2 cm³/mol. The Bertz CT molecular complexity index is 1050. The fourth-order valence-corrected chi connectivity index (χ4v) is 3.93. The molecule has 0 radical (unpaired) electrons. The summed E-state index contributed by atoms with van der Waals surface area (Å²) in [5.41, 5.74) is 3.30. The van der Waals surface area contributed by atoms with Crippen LogP contribution < -0.4 is 9.46 Å². The first-order valence-electron chi connectivity index (χ1n) is 7.64. The van der Waals surface area contributed by atoms with Crippen LogP contribution in [0.25, 0.3) is 11.3 Å². The molecular formula is C16H16N4O4S. The zero-order chi connectivity index (χ0) is 17.6. The van der Waals surface area contributed by atoms with Gasteiger partial charge < -0.3 is 9.26 Å². The lowest BCUT2D eigenvalue weighted by Crippen LogP contribution is -2.13. The van der Waals surface area contributed by atoms with Gasteiger partial charge in [-0.3, -0.25) is 4.68 Å². The smallest absolute Gasteiger partial charge is 0.241 e. The zero-order valence-electron chi connectivity index (χ0n) is 13.7. The Morgan fingerprint density at radius 2 is 2.20 bits per heavy atom. The van der Waals surface area contributed by atoms with Crippen molar-refractivity contribution in [2.75, 3.05) is 0 Å². The number of nitrogens with one attached hydrogen (secondary N) is 1. The summed E-state index contributed by atoms with van der Waals surface area (Å²) in [5.74, 6) is 1.15. The van der Waals surface area contributed by atoms with Gasteiger partial charge in [-0.2, -0.15) is 5.10 Å². The SMILES string of the molecule is Cc1c(-c2cc(COc3ccc4c(c3)CNS4(=O)=O)on2)cnn1C. The second-order valence-electron chi connectivity index (χ2n) is 5.83. The number of hydrogen-bond acceptors (Lipinski definition) is 6. The lowest BCUT2D eigenvalue weighted by atomic mass is 10.2. The van der Waals surface area contributed by atoms with Crippen LogP contribution in [0.1, 0.15) is 17.0 Å². The van der Waals surface area contributed by atoms with Gasteiger partial charge in [-0.25, -0.2) is 13.1 Å². The van der Waals surface area contributed by atoms with Crippen molar-refractivity contribution in [3.05, 3.63) is 47.5 Å². The Hall–Kier alpha value is -2.65. The summed E-state index contributed by atoms with van der Waals surface area (Å²) >= 11 is 0. The molecule has 0 aliphatic carbocycles. The number of aryl methyl sites for hydroxylation is 1. The van der Waals surface area contributed by atoms with Crippen LogP contribution in [-0.4, -0.2) is 23.4 Å². The topological polar surface area (TPSA) is 99.2 Å². The molecule has 3 heterocycles. The van der Waals surface area contributed by atoms with Crippen molar-refractivity contribution >= 4 is 10.0 Å². The molecule has 130 valence electrons. The van der Waals surface area contributed by atoms with E-state index in [2.05, 4.69) is 15.0 Å². The number of rotatable bonds is 4. The summed E-state index contributed by atoms with van der Waals surface area (Å²) in [6.45, 7) is 2.44. The van der Waals surface area contributed by atoms with E-state index in [-0.39, 0.29) is 13.2 Å². The summed E-state index contributed by atoms with van der Waals surface area (Å²) in [5, 5.41) is 8.24. The minimum absolute atomic E-state index is 0.200. The molecule has 0 amide bonds. The molecule has 1 aliphatic heterocycles. The van der Waals surface area contributed by atoms with E-state index in [1.165, 1.54) is 0 Å². The number of aromatic nitrogens is 3. The summed E-state index contributed by atoms with van der Waals surface area (Å²) in [4.78, 5) is 0.300. The van der Waals surface area contributed by atoms with Crippen molar-refractivity contribution in [1.29, 1.82) is 0 Å². The molecule has 9 heteroatoms. The third-order valence-electron chi connectivity index (χ3n) is 4.23. The van der Waals surface area contributed by atoms with Crippen LogP contribution in [0.15, 0.2) is 39.9 Å². The zero-order valence-corrected chi connectivity index (χ0v) is 14.5. The molecule has 0 bridgehead atoms.